The average Bonchev–Trinajstić information content (AvgIpc) is 2.79. The molecular formula is C21H35N3O12. The standard InChI is InChI=1S/C21H35N3O12/c1-13(25)20(33)36-12-11-35-10-4-2-3-5-16(26)22-9-8-15(19(31)32)24-21(34)23-14(18(29)30)6-7-17(27)28/h13-15,25H,2-12H2,1H3,(H,22,26)(H,27,28)(H,29,30)(H,31,32)(H2,23,24,34)/t13?,14-,15-/m0/s1. The summed E-state index contributed by atoms with van der Waals surface area (Å²) in [6.07, 6.45) is -0.110. The van der Waals surface area contributed by atoms with Gasteiger partial charge in [-0.25, -0.2) is 19.2 Å². The highest BCUT2D eigenvalue weighted by Gasteiger charge is 2.24. The Balaban J connectivity index is 4.07. The summed E-state index contributed by atoms with van der Waals surface area (Å²) < 4.78 is 9.99. The van der Waals surface area contributed by atoms with E-state index < -0.39 is 54.5 Å². The second-order valence-corrected chi connectivity index (χ2v) is 7.74. The Morgan fingerprint density at radius 3 is 1.94 bits per heavy atom. The molecule has 1 unspecified atom stereocenters. The van der Waals surface area contributed by atoms with E-state index in [1.807, 2.05) is 5.32 Å². The second kappa shape index (κ2) is 18.8. The first-order valence-electron chi connectivity index (χ1n) is 11.4. The fourth-order valence-electron chi connectivity index (χ4n) is 2.68. The van der Waals surface area contributed by atoms with Gasteiger partial charge in [0.2, 0.25) is 5.91 Å². The number of urea groups is 1. The van der Waals surface area contributed by atoms with Crippen molar-refractivity contribution in [3.63, 3.8) is 0 Å². The number of esters is 1. The molecule has 0 aliphatic heterocycles. The number of unbranched alkanes of at least 4 members (excludes halogenated alkanes) is 2. The van der Waals surface area contributed by atoms with Gasteiger partial charge < -0.3 is 45.9 Å². The summed E-state index contributed by atoms with van der Waals surface area (Å²) in [5.74, 6) is -5.13. The minimum absolute atomic E-state index is 0.0326. The van der Waals surface area contributed by atoms with E-state index in [0.717, 1.165) is 0 Å². The SMILES string of the molecule is CC(O)C(=O)OCCOCCCCCC(=O)NCC[C@H](NC(=O)N[C@@H](CCC(=O)O)C(=O)O)C(=O)O. The molecule has 7 N–H and O–H groups in total. The number of ether oxygens (including phenoxy) is 2. The molecule has 0 heterocycles. The summed E-state index contributed by atoms with van der Waals surface area (Å²) in [7, 11) is 0. The molecule has 0 fully saturated rings. The summed E-state index contributed by atoms with van der Waals surface area (Å²) in [4.78, 5) is 67.9. The molecule has 0 radical (unpaired) electrons. The number of aliphatic hydroxyl groups excluding tert-OH is 1. The van der Waals surface area contributed by atoms with Crippen molar-refractivity contribution in [1.29, 1.82) is 0 Å². The smallest absolute Gasteiger partial charge is 0.334 e. The molecule has 0 saturated heterocycles. The number of hydrogen-bond acceptors (Lipinski definition) is 9. The Morgan fingerprint density at radius 1 is 0.778 bits per heavy atom. The Hall–Kier alpha value is -3.46. The number of carbonyl (C=O) groups excluding carboxylic acids is 3. The predicted octanol–water partition coefficient (Wildman–Crippen LogP) is -0.936. The van der Waals surface area contributed by atoms with Crippen molar-refractivity contribution in [2.45, 2.75) is 70.1 Å². The molecule has 15 heteroatoms. The summed E-state index contributed by atoms with van der Waals surface area (Å²) in [6.45, 7) is 1.87. The van der Waals surface area contributed by atoms with Gasteiger partial charge in [0, 0.05) is 26.0 Å². The molecule has 0 aromatic heterocycles. The number of carboxylic acid groups (broad SMARTS) is 3. The quantitative estimate of drug-likeness (QED) is 0.0759. The number of nitrogens with one attached hydrogen (secondary N) is 3. The van der Waals surface area contributed by atoms with Gasteiger partial charge >= 0.3 is 29.9 Å². The van der Waals surface area contributed by atoms with E-state index in [2.05, 4.69) is 10.6 Å². The first kappa shape index (κ1) is 32.5. The minimum atomic E-state index is -1.51. The van der Waals surface area contributed by atoms with Gasteiger partial charge in [0.25, 0.3) is 0 Å². The van der Waals surface area contributed by atoms with Crippen LogP contribution in [-0.2, 0) is 33.4 Å². The zero-order valence-corrected chi connectivity index (χ0v) is 20.1. The van der Waals surface area contributed by atoms with Gasteiger partial charge in [-0.2, -0.15) is 0 Å². The Bertz CT molecular complexity index is 744. The number of carbonyl (C=O) groups is 6. The maximum atomic E-state index is 11.9. The fourth-order valence-corrected chi connectivity index (χ4v) is 2.68. The van der Waals surface area contributed by atoms with Gasteiger partial charge in [-0.15, -0.1) is 0 Å². The Labute approximate surface area is 207 Å². The van der Waals surface area contributed by atoms with E-state index in [0.29, 0.717) is 25.9 Å². The lowest BCUT2D eigenvalue weighted by Gasteiger charge is -2.18. The van der Waals surface area contributed by atoms with E-state index in [9.17, 15) is 33.9 Å². The zero-order chi connectivity index (χ0) is 27.5. The van der Waals surface area contributed by atoms with Crippen LogP contribution < -0.4 is 16.0 Å². The van der Waals surface area contributed by atoms with Gasteiger partial charge in [-0.1, -0.05) is 6.42 Å². The third kappa shape index (κ3) is 17.0. The fraction of sp³-hybridized carbons (Fsp3) is 0.714. The third-order valence-corrected chi connectivity index (χ3v) is 4.61. The normalized spacial score (nSPS) is 13.1. The highest BCUT2D eigenvalue weighted by molar-refractivity contribution is 5.86. The molecule has 0 saturated carbocycles. The van der Waals surface area contributed by atoms with Crippen molar-refractivity contribution in [2.24, 2.45) is 0 Å². The van der Waals surface area contributed by atoms with Crippen molar-refractivity contribution in [3.8, 4) is 0 Å². The molecule has 0 aromatic rings. The van der Waals surface area contributed by atoms with Crippen LogP contribution in [0.5, 0.6) is 0 Å². The van der Waals surface area contributed by atoms with Gasteiger partial charge in [-0.05, 0) is 32.6 Å². The molecule has 15 nitrogen and oxygen atoms in total. The topological polar surface area (TPSA) is 238 Å². The van der Waals surface area contributed by atoms with Crippen LogP contribution in [0.4, 0.5) is 4.79 Å². The molecule has 0 aromatic carbocycles. The number of amides is 3. The lowest BCUT2D eigenvalue weighted by molar-refractivity contribution is -0.154. The van der Waals surface area contributed by atoms with Crippen LogP contribution in [0.25, 0.3) is 0 Å². The van der Waals surface area contributed by atoms with Crippen LogP contribution in [0.3, 0.4) is 0 Å². The molecule has 206 valence electrons. The molecule has 0 spiro atoms. The van der Waals surface area contributed by atoms with Crippen LogP contribution in [0.1, 0.15) is 51.9 Å². The second-order valence-electron chi connectivity index (χ2n) is 7.74. The highest BCUT2D eigenvalue weighted by atomic mass is 16.6. The third-order valence-electron chi connectivity index (χ3n) is 4.61. The van der Waals surface area contributed by atoms with Crippen LogP contribution in [0.2, 0.25) is 0 Å². The molecule has 0 aliphatic rings. The van der Waals surface area contributed by atoms with Crippen molar-refractivity contribution in [2.75, 3.05) is 26.4 Å². The van der Waals surface area contributed by atoms with Crippen LogP contribution in [0.15, 0.2) is 0 Å². The Morgan fingerprint density at radius 2 is 1.39 bits per heavy atom. The van der Waals surface area contributed by atoms with Gasteiger partial charge in [0.15, 0.2) is 0 Å². The minimum Gasteiger partial charge on any atom is -0.481 e. The largest absolute Gasteiger partial charge is 0.481 e. The first-order chi connectivity index (χ1) is 16.9. The first-order valence-corrected chi connectivity index (χ1v) is 11.4. The zero-order valence-electron chi connectivity index (χ0n) is 20.1. The van der Waals surface area contributed by atoms with Crippen molar-refractivity contribution in [1.82, 2.24) is 16.0 Å². The van der Waals surface area contributed by atoms with E-state index in [4.69, 9.17) is 24.8 Å². The number of carboxylic acids is 3. The average molecular weight is 522 g/mol. The van der Waals surface area contributed by atoms with E-state index in [1.165, 1.54) is 6.92 Å². The summed E-state index contributed by atoms with van der Waals surface area (Å²) in [5, 5.41) is 42.5. The molecular weight excluding hydrogens is 486 g/mol. The monoisotopic (exact) mass is 521 g/mol. The maximum absolute atomic E-state index is 11.9. The van der Waals surface area contributed by atoms with Crippen LogP contribution in [0, 0.1) is 0 Å². The molecule has 0 rings (SSSR count). The number of aliphatic hydroxyl groups is 1. The number of hydrogen-bond donors (Lipinski definition) is 7. The predicted molar refractivity (Wildman–Crippen MR) is 121 cm³/mol. The highest BCUT2D eigenvalue weighted by Crippen LogP contribution is 2.02. The summed E-state index contributed by atoms with van der Waals surface area (Å²) in [5.41, 5.74) is 0. The van der Waals surface area contributed by atoms with E-state index in [-0.39, 0.29) is 44.9 Å². The molecule has 3 amide bonds. The van der Waals surface area contributed by atoms with Crippen LogP contribution in [-0.4, -0.2) is 101 Å². The lowest BCUT2D eigenvalue weighted by atomic mass is 10.1. The number of aliphatic carboxylic acids is 3. The van der Waals surface area contributed by atoms with Gasteiger partial charge in [-0.3, -0.25) is 9.59 Å². The van der Waals surface area contributed by atoms with Crippen LogP contribution >= 0.6 is 0 Å². The van der Waals surface area contributed by atoms with E-state index in [1.54, 1.807) is 0 Å². The summed E-state index contributed by atoms with van der Waals surface area (Å²) >= 11 is 0. The lowest BCUT2D eigenvalue weighted by Crippen LogP contribution is -2.51. The van der Waals surface area contributed by atoms with Crippen molar-refractivity contribution >= 4 is 35.8 Å². The van der Waals surface area contributed by atoms with Crippen molar-refractivity contribution in [3.05, 3.63) is 0 Å². The van der Waals surface area contributed by atoms with Crippen molar-refractivity contribution < 1.29 is 58.7 Å². The molecule has 3 atom stereocenters. The van der Waals surface area contributed by atoms with Gasteiger partial charge in [0.1, 0.15) is 24.8 Å². The summed E-state index contributed by atoms with van der Waals surface area (Å²) in [6, 6.07) is -4.00. The van der Waals surface area contributed by atoms with E-state index >= 15 is 0 Å². The van der Waals surface area contributed by atoms with Gasteiger partial charge in [0.05, 0.1) is 6.61 Å². The Kier molecular flexibility index (Phi) is 17.0. The molecule has 36 heavy (non-hydrogen) atoms. The molecule has 0 aliphatic carbocycles. The molecule has 0 bridgehead atoms. The maximum Gasteiger partial charge on any atom is 0.334 e. The number of rotatable bonds is 20.